The van der Waals surface area contributed by atoms with E-state index >= 15 is 0 Å². The molecule has 1 aliphatic rings. The van der Waals surface area contributed by atoms with Gasteiger partial charge in [0.25, 0.3) is 0 Å². The minimum Gasteiger partial charge on any atom is -0.398 e. The zero-order valence-electron chi connectivity index (χ0n) is 24.1. The van der Waals surface area contributed by atoms with Gasteiger partial charge in [-0.1, -0.05) is 128 Å². The zero-order chi connectivity index (χ0) is 28.9. The van der Waals surface area contributed by atoms with Crippen LogP contribution in [0.2, 0.25) is 0 Å². The molecule has 0 saturated heterocycles. The lowest BCUT2D eigenvalue weighted by Gasteiger charge is -2.38. The third kappa shape index (κ3) is 5.41. The predicted molar refractivity (Wildman–Crippen MR) is 178 cm³/mol. The minimum atomic E-state index is -0.236. The highest BCUT2D eigenvalue weighted by Gasteiger charge is 2.35. The molecule has 5 aromatic rings. The van der Waals surface area contributed by atoms with Crippen molar-refractivity contribution < 1.29 is 0 Å². The SMILES string of the molecule is CCC1C(c2ccccc2)=NC(c2c(-c3ccc(/C(N)=C/C=NC)cc3)ccc3ccccc23)NC1c1ccccc1. The van der Waals surface area contributed by atoms with Gasteiger partial charge in [0.1, 0.15) is 6.17 Å². The largest absolute Gasteiger partial charge is 0.398 e. The maximum Gasteiger partial charge on any atom is 0.127 e. The summed E-state index contributed by atoms with van der Waals surface area (Å²) in [6.07, 6.45) is 4.29. The summed E-state index contributed by atoms with van der Waals surface area (Å²) in [7, 11) is 1.74. The first kappa shape index (κ1) is 27.4. The van der Waals surface area contributed by atoms with E-state index < -0.39 is 0 Å². The van der Waals surface area contributed by atoms with Crippen molar-refractivity contribution in [1.29, 1.82) is 0 Å². The standard InChI is InChI=1S/C38H36N4/c1-3-31-36(29-13-6-4-7-14-29)41-38(42-37(31)30-15-8-5-9-16-30)35-32-17-11-10-12-26(32)22-23-33(35)27-18-20-28(21-19-27)34(39)24-25-40-2/h4-25,31,36,38,41H,3,39H2,1-2H3/b34-24-,40-25?. The van der Waals surface area contributed by atoms with E-state index in [0.717, 1.165) is 28.8 Å². The Balaban J connectivity index is 1.54. The molecule has 0 aromatic heterocycles. The Hall–Kier alpha value is -4.80. The van der Waals surface area contributed by atoms with E-state index in [4.69, 9.17) is 10.7 Å². The van der Waals surface area contributed by atoms with Gasteiger partial charge >= 0.3 is 0 Å². The van der Waals surface area contributed by atoms with E-state index in [2.05, 4.69) is 139 Å². The number of hydrogen-bond donors (Lipinski definition) is 2. The van der Waals surface area contributed by atoms with Crippen molar-refractivity contribution >= 4 is 28.4 Å². The van der Waals surface area contributed by atoms with E-state index in [1.54, 1.807) is 13.3 Å². The first-order chi connectivity index (χ1) is 20.7. The van der Waals surface area contributed by atoms with Gasteiger partial charge in [0.05, 0.1) is 0 Å². The second-order valence-corrected chi connectivity index (χ2v) is 10.7. The molecule has 3 atom stereocenters. The quantitative estimate of drug-likeness (QED) is 0.201. The van der Waals surface area contributed by atoms with Crippen LogP contribution in [0.25, 0.3) is 27.6 Å². The summed E-state index contributed by atoms with van der Waals surface area (Å²) >= 11 is 0. The first-order valence-electron chi connectivity index (χ1n) is 14.6. The second kappa shape index (κ2) is 12.4. The highest BCUT2D eigenvalue weighted by molar-refractivity contribution is 6.04. The van der Waals surface area contributed by atoms with Gasteiger partial charge in [-0.2, -0.15) is 0 Å². The number of fused-ring (bicyclic) bond motifs is 1. The van der Waals surface area contributed by atoms with Gasteiger partial charge in [0.15, 0.2) is 0 Å². The Kier molecular flexibility index (Phi) is 8.07. The molecule has 0 bridgehead atoms. The lowest BCUT2D eigenvalue weighted by molar-refractivity contribution is 0.359. The second-order valence-electron chi connectivity index (χ2n) is 10.7. The molecule has 3 N–H and O–H groups in total. The van der Waals surface area contributed by atoms with Crippen LogP contribution in [0, 0.1) is 5.92 Å². The fourth-order valence-corrected chi connectivity index (χ4v) is 6.11. The number of nitrogens with two attached hydrogens (primary N) is 1. The van der Waals surface area contributed by atoms with Crippen LogP contribution in [0.15, 0.2) is 137 Å². The van der Waals surface area contributed by atoms with Gasteiger partial charge in [-0.15, -0.1) is 0 Å². The number of hydrogen-bond acceptors (Lipinski definition) is 4. The molecule has 0 radical (unpaired) electrons. The Morgan fingerprint density at radius 1 is 0.810 bits per heavy atom. The van der Waals surface area contributed by atoms with Crippen molar-refractivity contribution in [2.24, 2.45) is 21.6 Å². The summed E-state index contributed by atoms with van der Waals surface area (Å²) in [4.78, 5) is 9.55. The summed E-state index contributed by atoms with van der Waals surface area (Å²) in [6, 6.07) is 43.1. The van der Waals surface area contributed by atoms with Crippen LogP contribution < -0.4 is 11.1 Å². The van der Waals surface area contributed by atoms with Gasteiger partial charge in [-0.3, -0.25) is 15.3 Å². The molecule has 42 heavy (non-hydrogen) atoms. The van der Waals surface area contributed by atoms with Crippen LogP contribution in [0.5, 0.6) is 0 Å². The van der Waals surface area contributed by atoms with Crippen LogP contribution >= 0.6 is 0 Å². The molecule has 4 nitrogen and oxygen atoms in total. The third-order valence-electron chi connectivity index (χ3n) is 8.20. The van der Waals surface area contributed by atoms with Crippen molar-refractivity contribution in [2.75, 3.05) is 7.05 Å². The molecule has 0 fully saturated rings. The van der Waals surface area contributed by atoms with Crippen molar-refractivity contribution in [1.82, 2.24) is 5.32 Å². The number of allylic oxidation sites excluding steroid dienone is 1. The fraction of sp³-hybridized carbons (Fsp3) is 0.158. The van der Waals surface area contributed by atoms with Gasteiger partial charge < -0.3 is 5.73 Å². The summed E-state index contributed by atoms with van der Waals surface area (Å²) in [5.74, 6) is 0.241. The number of rotatable bonds is 7. The normalized spacial score (nSPS) is 19.2. The highest BCUT2D eigenvalue weighted by atomic mass is 15.1. The lowest BCUT2D eigenvalue weighted by atomic mass is 9.81. The Bertz CT molecular complexity index is 1750. The van der Waals surface area contributed by atoms with E-state index in [-0.39, 0.29) is 18.1 Å². The predicted octanol–water partition coefficient (Wildman–Crippen LogP) is 8.37. The molecule has 1 heterocycles. The molecule has 3 unspecified atom stereocenters. The van der Waals surface area contributed by atoms with Crippen molar-refractivity contribution in [3.63, 3.8) is 0 Å². The van der Waals surface area contributed by atoms with Crippen LogP contribution in [0.4, 0.5) is 0 Å². The van der Waals surface area contributed by atoms with E-state index in [1.165, 1.54) is 27.5 Å². The summed E-state index contributed by atoms with van der Waals surface area (Å²) in [5.41, 5.74) is 15.0. The molecule has 0 saturated carbocycles. The van der Waals surface area contributed by atoms with Gasteiger partial charge in [0, 0.05) is 42.2 Å². The average Bonchev–Trinajstić information content (AvgIpc) is 3.07. The van der Waals surface area contributed by atoms with E-state index in [9.17, 15) is 0 Å². The minimum absolute atomic E-state index is 0.119. The molecule has 208 valence electrons. The average molecular weight is 549 g/mol. The van der Waals surface area contributed by atoms with Crippen LogP contribution in [-0.4, -0.2) is 19.0 Å². The summed E-state index contributed by atoms with van der Waals surface area (Å²) < 4.78 is 0. The lowest BCUT2D eigenvalue weighted by Crippen LogP contribution is -2.40. The smallest absolute Gasteiger partial charge is 0.127 e. The maximum atomic E-state index is 6.30. The summed E-state index contributed by atoms with van der Waals surface area (Å²) in [5, 5.41) is 6.41. The molecule has 0 spiro atoms. The third-order valence-corrected chi connectivity index (χ3v) is 8.20. The van der Waals surface area contributed by atoms with Crippen LogP contribution in [0.1, 0.15) is 47.8 Å². The van der Waals surface area contributed by atoms with Crippen molar-refractivity contribution in [2.45, 2.75) is 25.6 Å². The topological polar surface area (TPSA) is 62.8 Å². The molecular weight excluding hydrogens is 512 g/mol. The number of nitrogens with zero attached hydrogens (tertiary/aromatic N) is 2. The first-order valence-corrected chi connectivity index (χ1v) is 14.6. The number of aliphatic imine (C=N–C) groups is 2. The molecular formula is C38H36N4. The molecule has 0 amide bonds. The summed E-state index contributed by atoms with van der Waals surface area (Å²) in [6.45, 7) is 2.26. The molecule has 5 aromatic carbocycles. The number of nitrogens with one attached hydrogen (secondary N) is 1. The number of benzene rings is 5. The van der Waals surface area contributed by atoms with Crippen LogP contribution in [-0.2, 0) is 0 Å². The molecule has 6 rings (SSSR count). The maximum absolute atomic E-state index is 6.30. The Morgan fingerprint density at radius 2 is 1.50 bits per heavy atom. The van der Waals surface area contributed by atoms with Gasteiger partial charge in [-0.25, -0.2) is 0 Å². The van der Waals surface area contributed by atoms with Gasteiger partial charge in [-0.05, 0) is 51.1 Å². The Labute approximate surface area is 248 Å². The Morgan fingerprint density at radius 3 is 2.21 bits per heavy atom. The highest BCUT2D eigenvalue weighted by Crippen LogP contribution is 2.42. The molecule has 1 aliphatic heterocycles. The molecule has 0 aliphatic carbocycles. The van der Waals surface area contributed by atoms with Crippen molar-refractivity contribution in [3.8, 4) is 11.1 Å². The van der Waals surface area contributed by atoms with Crippen molar-refractivity contribution in [3.05, 3.63) is 150 Å². The van der Waals surface area contributed by atoms with Gasteiger partial charge in [0.2, 0.25) is 0 Å². The fourth-order valence-electron chi connectivity index (χ4n) is 6.11. The molecule has 4 heteroatoms. The zero-order valence-corrected chi connectivity index (χ0v) is 24.1. The van der Waals surface area contributed by atoms with E-state index in [1.807, 2.05) is 6.08 Å². The monoisotopic (exact) mass is 548 g/mol. The van der Waals surface area contributed by atoms with Crippen LogP contribution in [0.3, 0.4) is 0 Å². The van der Waals surface area contributed by atoms with E-state index in [0.29, 0.717) is 5.70 Å².